The van der Waals surface area contributed by atoms with E-state index in [1.165, 1.54) is 29.5 Å². The molecule has 1 rings (SSSR count). The Bertz CT molecular complexity index is 319. The first-order valence-corrected chi connectivity index (χ1v) is 6.93. The van der Waals surface area contributed by atoms with E-state index < -0.39 is 0 Å². The van der Waals surface area contributed by atoms with Gasteiger partial charge in [-0.15, -0.1) is 0 Å². The standard InChI is InChI=1S/C16H27N/c1-6-14(7-2)16(17-8-3)15-10-12(4)9-13(5)11-15/h9-11,14,16-17H,6-8H2,1-5H3. The Morgan fingerprint density at radius 1 is 0.941 bits per heavy atom. The average molecular weight is 233 g/mol. The van der Waals surface area contributed by atoms with Crippen molar-refractivity contribution in [2.24, 2.45) is 5.92 Å². The molecule has 96 valence electrons. The summed E-state index contributed by atoms with van der Waals surface area (Å²) in [6.07, 6.45) is 2.47. The van der Waals surface area contributed by atoms with Gasteiger partial charge in [0.05, 0.1) is 0 Å². The zero-order chi connectivity index (χ0) is 12.8. The molecule has 1 aromatic rings. The second-order valence-electron chi connectivity index (χ2n) is 5.03. The van der Waals surface area contributed by atoms with Gasteiger partial charge in [-0.1, -0.05) is 62.9 Å². The molecule has 1 heteroatoms. The van der Waals surface area contributed by atoms with Gasteiger partial charge in [0.15, 0.2) is 0 Å². The van der Waals surface area contributed by atoms with Gasteiger partial charge in [0.1, 0.15) is 0 Å². The van der Waals surface area contributed by atoms with Gasteiger partial charge in [0.2, 0.25) is 0 Å². The van der Waals surface area contributed by atoms with Crippen LogP contribution in [0.25, 0.3) is 0 Å². The average Bonchev–Trinajstić information content (AvgIpc) is 2.28. The summed E-state index contributed by atoms with van der Waals surface area (Å²) in [6.45, 7) is 12.2. The Hall–Kier alpha value is -0.820. The van der Waals surface area contributed by atoms with Gasteiger partial charge in [0.25, 0.3) is 0 Å². The molecule has 0 saturated carbocycles. The van der Waals surface area contributed by atoms with E-state index in [0.29, 0.717) is 6.04 Å². The lowest BCUT2D eigenvalue weighted by Crippen LogP contribution is -2.27. The summed E-state index contributed by atoms with van der Waals surface area (Å²) in [5.41, 5.74) is 4.20. The Balaban J connectivity index is 3.03. The summed E-state index contributed by atoms with van der Waals surface area (Å²) < 4.78 is 0. The van der Waals surface area contributed by atoms with Crippen LogP contribution >= 0.6 is 0 Å². The number of aryl methyl sites for hydroxylation is 2. The Morgan fingerprint density at radius 2 is 1.47 bits per heavy atom. The van der Waals surface area contributed by atoms with Crippen LogP contribution in [0.3, 0.4) is 0 Å². The molecule has 1 atom stereocenters. The molecule has 0 aliphatic heterocycles. The van der Waals surface area contributed by atoms with Crippen LogP contribution in [0, 0.1) is 19.8 Å². The normalized spacial score (nSPS) is 13.1. The van der Waals surface area contributed by atoms with Crippen LogP contribution in [0.1, 0.15) is 56.3 Å². The third kappa shape index (κ3) is 3.85. The fourth-order valence-corrected chi connectivity index (χ4v) is 2.73. The minimum absolute atomic E-state index is 0.508. The van der Waals surface area contributed by atoms with Crippen molar-refractivity contribution >= 4 is 0 Å². The molecule has 0 fully saturated rings. The van der Waals surface area contributed by atoms with E-state index in [1.54, 1.807) is 0 Å². The lowest BCUT2D eigenvalue weighted by Gasteiger charge is -2.27. The SMILES string of the molecule is CCNC(c1cc(C)cc(C)c1)C(CC)CC. The maximum Gasteiger partial charge on any atom is 0.0348 e. The molecule has 1 aromatic carbocycles. The van der Waals surface area contributed by atoms with Crippen molar-refractivity contribution in [3.05, 3.63) is 34.9 Å². The first kappa shape index (κ1) is 14.2. The van der Waals surface area contributed by atoms with Crippen molar-refractivity contribution in [3.63, 3.8) is 0 Å². The van der Waals surface area contributed by atoms with Crippen LogP contribution in [0.15, 0.2) is 18.2 Å². The van der Waals surface area contributed by atoms with Crippen LogP contribution in [-0.4, -0.2) is 6.54 Å². The second kappa shape index (κ2) is 6.80. The summed E-state index contributed by atoms with van der Waals surface area (Å²) >= 11 is 0. The minimum Gasteiger partial charge on any atom is -0.310 e. The van der Waals surface area contributed by atoms with Crippen molar-refractivity contribution < 1.29 is 0 Å². The van der Waals surface area contributed by atoms with Gasteiger partial charge >= 0.3 is 0 Å². The topological polar surface area (TPSA) is 12.0 Å². The third-order valence-electron chi connectivity index (χ3n) is 3.55. The first-order valence-electron chi connectivity index (χ1n) is 6.93. The molecule has 0 aliphatic rings. The fraction of sp³-hybridized carbons (Fsp3) is 0.625. The summed E-state index contributed by atoms with van der Waals surface area (Å²) in [6, 6.07) is 7.42. The molecule has 0 radical (unpaired) electrons. The zero-order valence-electron chi connectivity index (χ0n) is 12.0. The summed E-state index contributed by atoms with van der Waals surface area (Å²) in [4.78, 5) is 0. The van der Waals surface area contributed by atoms with Crippen LogP contribution < -0.4 is 5.32 Å². The molecule has 0 spiro atoms. The second-order valence-corrected chi connectivity index (χ2v) is 5.03. The molecule has 1 unspecified atom stereocenters. The molecule has 0 heterocycles. The number of rotatable bonds is 6. The number of benzene rings is 1. The Labute approximate surface area is 107 Å². The quantitative estimate of drug-likeness (QED) is 0.768. The highest BCUT2D eigenvalue weighted by Gasteiger charge is 2.19. The van der Waals surface area contributed by atoms with Crippen molar-refractivity contribution in [3.8, 4) is 0 Å². The van der Waals surface area contributed by atoms with Crippen molar-refractivity contribution in [2.45, 2.75) is 53.5 Å². The van der Waals surface area contributed by atoms with Gasteiger partial charge < -0.3 is 5.32 Å². The van der Waals surface area contributed by atoms with E-state index in [-0.39, 0.29) is 0 Å². The van der Waals surface area contributed by atoms with E-state index >= 15 is 0 Å². The molecular weight excluding hydrogens is 206 g/mol. The van der Waals surface area contributed by atoms with Gasteiger partial charge in [-0.3, -0.25) is 0 Å². The van der Waals surface area contributed by atoms with Crippen LogP contribution in [0.5, 0.6) is 0 Å². The molecule has 0 aliphatic carbocycles. The van der Waals surface area contributed by atoms with Crippen molar-refractivity contribution in [1.29, 1.82) is 0 Å². The maximum atomic E-state index is 3.66. The smallest absolute Gasteiger partial charge is 0.0348 e. The first-order chi connectivity index (χ1) is 8.12. The van der Waals surface area contributed by atoms with Gasteiger partial charge in [-0.2, -0.15) is 0 Å². The van der Waals surface area contributed by atoms with Crippen molar-refractivity contribution in [2.75, 3.05) is 6.54 Å². The van der Waals surface area contributed by atoms with Crippen LogP contribution in [0.4, 0.5) is 0 Å². The highest BCUT2D eigenvalue weighted by atomic mass is 14.9. The van der Waals surface area contributed by atoms with E-state index in [0.717, 1.165) is 12.5 Å². The summed E-state index contributed by atoms with van der Waals surface area (Å²) in [5, 5.41) is 3.66. The minimum atomic E-state index is 0.508. The number of nitrogens with one attached hydrogen (secondary N) is 1. The van der Waals surface area contributed by atoms with Crippen LogP contribution in [-0.2, 0) is 0 Å². The predicted molar refractivity (Wildman–Crippen MR) is 76.4 cm³/mol. The van der Waals surface area contributed by atoms with Crippen molar-refractivity contribution in [1.82, 2.24) is 5.32 Å². The summed E-state index contributed by atoms with van der Waals surface area (Å²) in [5.74, 6) is 0.733. The lowest BCUT2D eigenvalue weighted by atomic mass is 9.87. The Kier molecular flexibility index (Phi) is 5.70. The van der Waals surface area contributed by atoms with Gasteiger partial charge in [-0.25, -0.2) is 0 Å². The number of hydrogen-bond acceptors (Lipinski definition) is 1. The molecular formula is C16H27N. The van der Waals surface area contributed by atoms with Crippen LogP contribution in [0.2, 0.25) is 0 Å². The highest BCUT2D eigenvalue weighted by molar-refractivity contribution is 5.31. The molecule has 1 nitrogen and oxygen atoms in total. The lowest BCUT2D eigenvalue weighted by molar-refractivity contribution is 0.346. The maximum absolute atomic E-state index is 3.66. The monoisotopic (exact) mass is 233 g/mol. The molecule has 0 aromatic heterocycles. The zero-order valence-corrected chi connectivity index (χ0v) is 12.0. The van der Waals surface area contributed by atoms with E-state index in [2.05, 4.69) is 58.1 Å². The Morgan fingerprint density at radius 3 is 1.88 bits per heavy atom. The van der Waals surface area contributed by atoms with Gasteiger partial charge in [0, 0.05) is 6.04 Å². The van der Waals surface area contributed by atoms with E-state index in [1.807, 2.05) is 0 Å². The van der Waals surface area contributed by atoms with E-state index in [9.17, 15) is 0 Å². The largest absolute Gasteiger partial charge is 0.310 e. The molecule has 17 heavy (non-hydrogen) atoms. The number of hydrogen-bond donors (Lipinski definition) is 1. The molecule has 0 amide bonds. The van der Waals surface area contributed by atoms with Gasteiger partial charge in [-0.05, 0) is 31.9 Å². The third-order valence-corrected chi connectivity index (χ3v) is 3.55. The molecule has 1 N–H and O–H groups in total. The highest BCUT2D eigenvalue weighted by Crippen LogP contribution is 2.28. The van der Waals surface area contributed by atoms with E-state index in [4.69, 9.17) is 0 Å². The molecule has 0 saturated heterocycles. The fourth-order valence-electron chi connectivity index (χ4n) is 2.73. The predicted octanol–water partition coefficient (Wildman–Crippen LogP) is 4.39. The molecule has 0 bridgehead atoms. The summed E-state index contributed by atoms with van der Waals surface area (Å²) in [7, 11) is 0.